The molecule has 3 aromatic carbocycles. The number of nitrogens with two attached hydrogens (primary N) is 1. The molecule has 0 aliphatic carbocycles. The van der Waals surface area contributed by atoms with Crippen molar-refractivity contribution < 1.29 is 22.8 Å². The summed E-state index contributed by atoms with van der Waals surface area (Å²) in [7, 11) is 4.06. The summed E-state index contributed by atoms with van der Waals surface area (Å²) >= 11 is 0. The second kappa shape index (κ2) is 13.0. The van der Waals surface area contributed by atoms with E-state index in [1.807, 2.05) is 38.4 Å². The van der Waals surface area contributed by atoms with E-state index < -0.39 is 17.7 Å². The zero-order valence-corrected chi connectivity index (χ0v) is 23.0. The average Bonchev–Trinajstić information content (AvgIpc) is 3.41. The number of halogens is 3. The number of hydrogen-bond donors (Lipinski definition) is 3. The Hall–Kier alpha value is -4.15. The molecular weight excluding hydrogens is 531 g/mol. The third-order valence-electron chi connectivity index (χ3n) is 7.20. The van der Waals surface area contributed by atoms with Crippen LogP contribution in [0.5, 0.6) is 0 Å². The summed E-state index contributed by atoms with van der Waals surface area (Å²) in [5.41, 5.74) is 7.92. The standard InChI is InChI=1S/C31H34F3N5O2/c1-38(2)25-17-18-39(19-25)20-26(30(41)36-24-14-12-23(13-15-24)31(32,33)34)22-10-7-21(8-11-22)9-16-29(40)37-28-6-4-3-5-27(28)35/h3-16,25-26H,17-20,35H2,1-2H3,(H,36,41)(H,37,40). The van der Waals surface area contributed by atoms with Crippen LogP contribution in [0.3, 0.4) is 0 Å². The second-order valence-electron chi connectivity index (χ2n) is 10.4. The Morgan fingerprint density at radius 2 is 1.71 bits per heavy atom. The lowest BCUT2D eigenvalue weighted by Gasteiger charge is -2.25. The summed E-state index contributed by atoms with van der Waals surface area (Å²) in [6, 6.07) is 19.1. The lowest BCUT2D eigenvalue weighted by Crippen LogP contribution is -2.36. The number of para-hydroxylation sites is 2. The topological polar surface area (TPSA) is 90.7 Å². The van der Waals surface area contributed by atoms with Crippen LogP contribution in [-0.4, -0.2) is 61.4 Å². The van der Waals surface area contributed by atoms with Crippen molar-refractivity contribution in [2.75, 3.05) is 50.1 Å². The molecule has 0 aromatic heterocycles. The van der Waals surface area contributed by atoms with Gasteiger partial charge in [0.25, 0.3) is 0 Å². The fourth-order valence-corrected chi connectivity index (χ4v) is 4.77. The van der Waals surface area contributed by atoms with Crippen LogP contribution in [-0.2, 0) is 15.8 Å². The number of hydrogen-bond acceptors (Lipinski definition) is 5. The molecule has 4 N–H and O–H groups in total. The van der Waals surface area contributed by atoms with Gasteiger partial charge in [-0.15, -0.1) is 0 Å². The quantitative estimate of drug-likeness (QED) is 0.242. The largest absolute Gasteiger partial charge is 0.416 e. The Bertz CT molecular complexity index is 1370. The third-order valence-corrected chi connectivity index (χ3v) is 7.20. The predicted octanol–water partition coefficient (Wildman–Crippen LogP) is 5.30. The molecule has 10 heteroatoms. The maximum absolute atomic E-state index is 13.5. The van der Waals surface area contributed by atoms with Crippen LogP contribution in [0.2, 0.25) is 0 Å². The Balaban J connectivity index is 1.48. The van der Waals surface area contributed by atoms with Gasteiger partial charge in [-0.2, -0.15) is 13.2 Å². The molecule has 1 heterocycles. The average molecular weight is 566 g/mol. The Morgan fingerprint density at radius 1 is 1.02 bits per heavy atom. The van der Waals surface area contributed by atoms with Gasteiger partial charge in [0.1, 0.15) is 0 Å². The smallest absolute Gasteiger partial charge is 0.397 e. The summed E-state index contributed by atoms with van der Waals surface area (Å²) in [6.07, 6.45) is -0.393. The van der Waals surface area contributed by atoms with Gasteiger partial charge >= 0.3 is 6.18 Å². The number of likely N-dealkylation sites (N-methyl/N-ethyl adjacent to an activating group) is 1. The molecule has 1 saturated heterocycles. The number of nitrogen functional groups attached to an aromatic ring is 1. The monoisotopic (exact) mass is 565 g/mol. The highest BCUT2D eigenvalue weighted by Gasteiger charge is 2.31. The molecule has 7 nitrogen and oxygen atoms in total. The number of nitrogens with zero attached hydrogens (tertiary/aromatic N) is 2. The molecule has 0 bridgehead atoms. The van der Waals surface area contributed by atoms with Gasteiger partial charge in [-0.3, -0.25) is 9.59 Å². The van der Waals surface area contributed by atoms with Gasteiger partial charge < -0.3 is 26.2 Å². The number of anilines is 3. The molecule has 1 aliphatic rings. The maximum atomic E-state index is 13.5. The van der Waals surface area contributed by atoms with Crippen molar-refractivity contribution in [3.8, 4) is 0 Å². The van der Waals surface area contributed by atoms with E-state index in [2.05, 4.69) is 20.4 Å². The minimum atomic E-state index is -4.45. The number of rotatable bonds is 9. The molecule has 216 valence electrons. The van der Waals surface area contributed by atoms with Crippen LogP contribution in [0.4, 0.5) is 30.2 Å². The van der Waals surface area contributed by atoms with E-state index in [0.717, 1.165) is 42.8 Å². The highest BCUT2D eigenvalue weighted by atomic mass is 19.4. The zero-order chi connectivity index (χ0) is 29.6. The fraction of sp³-hybridized carbons (Fsp3) is 0.290. The van der Waals surface area contributed by atoms with Gasteiger partial charge in [0.15, 0.2) is 0 Å². The molecule has 41 heavy (non-hydrogen) atoms. The minimum absolute atomic E-state index is 0.296. The van der Waals surface area contributed by atoms with E-state index in [9.17, 15) is 22.8 Å². The van der Waals surface area contributed by atoms with E-state index in [0.29, 0.717) is 29.6 Å². The second-order valence-corrected chi connectivity index (χ2v) is 10.4. The van der Waals surface area contributed by atoms with Gasteiger partial charge in [-0.05, 0) is 80.7 Å². The van der Waals surface area contributed by atoms with Crippen molar-refractivity contribution in [2.45, 2.75) is 24.6 Å². The van der Waals surface area contributed by atoms with E-state index in [1.54, 1.807) is 30.3 Å². The Labute approximate surface area is 237 Å². The molecule has 2 atom stereocenters. The van der Waals surface area contributed by atoms with Crippen LogP contribution in [0.25, 0.3) is 6.08 Å². The number of likely N-dealkylation sites (tertiary alicyclic amines) is 1. The van der Waals surface area contributed by atoms with Gasteiger partial charge in [0, 0.05) is 30.9 Å². The fourth-order valence-electron chi connectivity index (χ4n) is 4.77. The SMILES string of the molecule is CN(C)C1CCN(CC(C(=O)Nc2ccc(C(F)(F)F)cc2)c2ccc(C=CC(=O)Nc3ccccc3N)cc2)C1. The summed E-state index contributed by atoms with van der Waals surface area (Å²) in [5.74, 6) is -1.19. The molecule has 0 radical (unpaired) electrons. The number of carbonyl (C=O) groups excluding carboxylic acids is 2. The molecule has 1 aliphatic heterocycles. The normalized spacial score (nSPS) is 16.7. The minimum Gasteiger partial charge on any atom is -0.397 e. The summed E-state index contributed by atoms with van der Waals surface area (Å²) in [6.45, 7) is 2.13. The maximum Gasteiger partial charge on any atom is 0.416 e. The van der Waals surface area contributed by atoms with Crippen LogP contribution < -0.4 is 16.4 Å². The van der Waals surface area contributed by atoms with Gasteiger partial charge in [0.05, 0.1) is 22.9 Å². The zero-order valence-electron chi connectivity index (χ0n) is 23.0. The lowest BCUT2D eigenvalue weighted by atomic mass is 9.96. The first-order valence-electron chi connectivity index (χ1n) is 13.3. The lowest BCUT2D eigenvalue weighted by molar-refractivity contribution is -0.137. The van der Waals surface area contributed by atoms with Crippen LogP contribution in [0.1, 0.15) is 29.0 Å². The summed E-state index contributed by atoms with van der Waals surface area (Å²) in [5, 5.41) is 5.53. The number of carbonyl (C=O) groups is 2. The Morgan fingerprint density at radius 3 is 2.32 bits per heavy atom. The molecule has 3 aromatic rings. The van der Waals surface area contributed by atoms with Crippen LogP contribution in [0, 0.1) is 0 Å². The van der Waals surface area contributed by atoms with Crippen molar-refractivity contribution in [3.05, 3.63) is 95.6 Å². The summed E-state index contributed by atoms with van der Waals surface area (Å²) in [4.78, 5) is 30.2. The van der Waals surface area contributed by atoms with Crippen molar-refractivity contribution >= 4 is 35.0 Å². The van der Waals surface area contributed by atoms with E-state index >= 15 is 0 Å². The van der Waals surface area contributed by atoms with E-state index in [4.69, 9.17) is 5.73 Å². The van der Waals surface area contributed by atoms with Crippen LogP contribution in [0.15, 0.2) is 78.9 Å². The van der Waals surface area contributed by atoms with E-state index in [1.165, 1.54) is 18.2 Å². The van der Waals surface area contributed by atoms with Crippen molar-refractivity contribution in [2.24, 2.45) is 0 Å². The molecule has 4 rings (SSSR count). The van der Waals surface area contributed by atoms with Gasteiger partial charge in [-0.1, -0.05) is 36.4 Å². The van der Waals surface area contributed by atoms with Gasteiger partial charge in [0.2, 0.25) is 11.8 Å². The van der Waals surface area contributed by atoms with E-state index in [-0.39, 0.29) is 11.8 Å². The third kappa shape index (κ3) is 8.18. The highest BCUT2D eigenvalue weighted by Crippen LogP contribution is 2.30. The molecule has 1 fully saturated rings. The molecular formula is C31H34F3N5O2. The predicted molar refractivity (Wildman–Crippen MR) is 156 cm³/mol. The highest BCUT2D eigenvalue weighted by molar-refractivity contribution is 6.03. The number of nitrogens with one attached hydrogen (secondary N) is 2. The first-order valence-corrected chi connectivity index (χ1v) is 13.3. The molecule has 0 spiro atoms. The molecule has 0 saturated carbocycles. The van der Waals surface area contributed by atoms with Crippen LogP contribution >= 0.6 is 0 Å². The Kier molecular flexibility index (Phi) is 9.46. The number of alkyl halides is 3. The number of benzene rings is 3. The first kappa shape index (κ1) is 29.8. The van der Waals surface area contributed by atoms with Crippen molar-refractivity contribution in [1.82, 2.24) is 9.80 Å². The van der Waals surface area contributed by atoms with Crippen molar-refractivity contribution in [3.63, 3.8) is 0 Å². The molecule has 2 amide bonds. The van der Waals surface area contributed by atoms with Gasteiger partial charge in [-0.25, -0.2) is 0 Å². The first-order chi connectivity index (χ1) is 19.5. The molecule has 2 unspecified atom stereocenters. The number of amides is 2. The van der Waals surface area contributed by atoms with Crippen molar-refractivity contribution in [1.29, 1.82) is 0 Å². The summed E-state index contributed by atoms with van der Waals surface area (Å²) < 4.78 is 38.9.